The van der Waals surface area contributed by atoms with Crippen LogP contribution in [0.25, 0.3) is 11.4 Å². The molecule has 4 aromatic rings. The number of fused-ring (bicyclic) bond motifs is 1. The first-order valence-electron chi connectivity index (χ1n) is 14.3. The summed E-state index contributed by atoms with van der Waals surface area (Å²) in [6.45, 7) is 3.70. The zero-order valence-electron chi connectivity index (χ0n) is 23.7. The fraction of sp³-hybridized carbons (Fsp3) is 0.448. The Morgan fingerprint density at radius 2 is 2.00 bits per heavy atom. The lowest BCUT2D eigenvalue weighted by Gasteiger charge is -2.55. The summed E-state index contributed by atoms with van der Waals surface area (Å²) in [5.41, 5.74) is 7.86. The molecule has 0 bridgehead atoms. The number of ether oxygens (including phenoxy) is 5. The SMILES string of the molecule is COC1C(Sc2cc(Cl)cnc2N2CC3(COC3)C2)OC2COC(c3ccccc3)OC2C1n1cc(-c2csc(N)n2)nn1. The minimum atomic E-state index is -0.565. The number of nitrogen functional groups attached to an aromatic ring is 1. The molecule has 15 heteroatoms. The maximum Gasteiger partial charge on any atom is 0.184 e. The first-order valence-corrected chi connectivity index (χ1v) is 16.4. The minimum absolute atomic E-state index is 0.233. The Hall–Kier alpha value is -2.82. The van der Waals surface area contributed by atoms with Crippen LogP contribution in [0.15, 0.2) is 59.1 Å². The van der Waals surface area contributed by atoms with Crippen LogP contribution in [0.3, 0.4) is 0 Å². The lowest BCUT2D eigenvalue weighted by Crippen LogP contribution is -2.66. The molecule has 1 aromatic carbocycles. The van der Waals surface area contributed by atoms with Gasteiger partial charge in [0.15, 0.2) is 11.4 Å². The van der Waals surface area contributed by atoms with Crippen molar-refractivity contribution in [3.63, 3.8) is 0 Å². The summed E-state index contributed by atoms with van der Waals surface area (Å²) in [6.07, 6.45) is 1.65. The highest BCUT2D eigenvalue weighted by molar-refractivity contribution is 8.00. The zero-order valence-corrected chi connectivity index (χ0v) is 26.1. The molecule has 0 radical (unpaired) electrons. The molecular formula is C29H30ClN7O5S2. The summed E-state index contributed by atoms with van der Waals surface area (Å²) in [7, 11) is 1.68. The minimum Gasteiger partial charge on any atom is -0.380 e. The van der Waals surface area contributed by atoms with Gasteiger partial charge in [0.2, 0.25) is 0 Å². The second-order valence-electron chi connectivity index (χ2n) is 11.5. The number of rotatable bonds is 7. The van der Waals surface area contributed by atoms with Crippen LogP contribution in [-0.2, 0) is 23.7 Å². The maximum absolute atomic E-state index is 6.72. The highest BCUT2D eigenvalue weighted by Crippen LogP contribution is 2.48. The van der Waals surface area contributed by atoms with E-state index in [1.807, 2.05) is 48.0 Å². The number of nitrogens with zero attached hydrogens (tertiary/aromatic N) is 6. The zero-order chi connectivity index (χ0) is 29.8. The molecule has 4 fully saturated rings. The number of aromatic nitrogens is 5. The van der Waals surface area contributed by atoms with Gasteiger partial charge in [0.1, 0.15) is 47.0 Å². The van der Waals surface area contributed by atoms with E-state index >= 15 is 0 Å². The number of thiazole rings is 1. The maximum atomic E-state index is 6.72. The predicted octanol–water partition coefficient (Wildman–Crippen LogP) is 4.06. The monoisotopic (exact) mass is 655 g/mol. The molecule has 1 spiro atoms. The molecule has 0 aliphatic carbocycles. The topological polar surface area (TPSA) is 132 Å². The number of thioether (sulfide) groups is 1. The van der Waals surface area contributed by atoms with Crippen molar-refractivity contribution >= 4 is 45.6 Å². The van der Waals surface area contributed by atoms with Crippen molar-refractivity contribution in [2.75, 3.05) is 50.7 Å². The van der Waals surface area contributed by atoms with E-state index in [1.54, 1.807) is 18.0 Å². The molecule has 12 nitrogen and oxygen atoms in total. The molecule has 0 amide bonds. The standard InChI is InChI=1S/C29H30ClN7O5S2/c1-38-24-22(37-9-18(34-35-37)19-11-43-28(31)33-19)23-20(10-40-26(42-23)16-5-3-2-4-6-16)41-27(24)44-21-7-17(30)8-32-25(21)36-12-29(13-36)14-39-15-29/h2-9,11,20,22-24,26-27H,10,12-15H2,1H3,(H2,31,33). The van der Waals surface area contributed by atoms with Gasteiger partial charge < -0.3 is 34.3 Å². The van der Waals surface area contributed by atoms with Crippen molar-refractivity contribution in [2.24, 2.45) is 5.41 Å². The number of anilines is 2. The van der Waals surface area contributed by atoms with Crippen LogP contribution in [0.4, 0.5) is 10.9 Å². The molecule has 2 N–H and O–H groups in total. The van der Waals surface area contributed by atoms with Crippen LogP contribution in [0, 0.1) is 5.41 Å². The van der Waals surface area contributed by atoms with Gasteiger partial charge in [-0.3, -0.25) is 0 Å². The lowest BCUT2D eigenvalue weighted by molar-refractivity contribution is -0.308. The summed E-state index contributed by atoms with van der Waals surface area (Å²) in [6, 6.07) is 11.4. The number of halogens is 1. The Bertz CT molecular complexity index is 1630. The molecule has 230 valence electrons. The van der Waals surface area contributed by atoms with E-state index in [4.69, 9.17) is 46.0 Å². The largest absolute Gasteiger partial charge is 0.380 e. The van der Waals surface area contributed by atoms with Crippen molar-refractivity contribution in [3.05, 3.63) is 64.8 Å². The predicted molar refractivity (Wildman–Crippen MR) is 165 cm³/mol. The summed E-state index contributed by atoms with van der Waals surface area (Å²) in [5.74, 6) is 0.874. The average Bonchev–Trinajstić information content (AvgIpc) is 3.65. The van der Waals surface area contributed by atoms with E-state index in [9.17, 15) is 0 Å². The fourth-order valence-corrected chi connectivity index (χ4v) is 8.40. The molecular weight excluding hydrogens is 626 g/mol. The van der Waals surface area contributed by atoms with E-state index < -0.39 is 36.1 Å². The Morgan fingerprint density at radius 3 is 2.73 bits per heavy atom. The Labute approximate surface area is 266 Å². The molecule has 4 aliphatic rings. The van der Waals surface area contributed by atoms with Gasteiger partial charge >= 0.3 is 0 Å². The van der Waals surface area contributed by atoms with Crippen molar-refractivity contribution in [1.29, 1.82) is 0 Å². The number of hydrogen-bond acceptors (Lipinski definition) is 13. The van der Waals surface area contributed by atoms with Gasteiger partial charge in [0.25, 0.3) is 0 Å². The highest BCUT2D eigenvalue weighted by Gasteiger charge is 2.53. The first kappa shape index (κ1) is 28.6. The van der Waals surface area contributed by atoms with Crippen molar-refractivity contribution in [1.82, 2.24) is 25.0 Å². The molecule has 3 aromatic heterocycles. The van der Waals surface area contributed by atoms with Crippen LogP contribution < -0.4 is 10.6 Å². The first-order chi connectivity index (χ1) is 21.5. The smallest absolute Gasteiger partial charge is 0.184 e. The molecule has 4 aliphatic heterocycles. The molecule has 4 saturated heterocycles. The second kappa shape index (κ2) is 11.5. The van der Waals surface area contributed by atoms with Crippen LogP contribution in [0.2, 0.25) is 5.02 Å². The second-order valence-corrected chi connectivity index (χ2v) is 14.0. The van der Waals surface area contributed by atoms with E-state index in [2.05, 4.69) is 20.2 Å². The van der Waals surface area contributed by atoms with Crippen LogP contribution in [0.5, 0.6) is 0 Å². The number of hydrogen-bond donors (Lipinski definition) is 1. The van der Waals surface area contributed by atoms with Crippen molar-refractivity contribution in [2.45, 2.75) is 41.0 Å². The molecule has 6 unspecified atom stereocenters. The van der Waals surface area contributed by atoms with Crippen LogP contribution in [0.1, 0.15) is 17.9 Å². The summed E-state index contributed by atoms with van der Waals surface area (Å²) >= 11 is 9.36. The fourth-order valence-electron chi connectivity index (χ4n) is 6.29. The summed E-state index contributed by atoms with van der Waals surface area (Å²) < 4.78 is 33.0. The van der Waals surface area contributed by atoms with E-state index in [0.29, 0.717) is 28.1 Å². The lowest BCUT2D eigenvalue weighted by atomic mass is 9.78. The quantitative estimate of drug-likeness (QED) is 0.308. The molecule has 0 saturated carbocycles. The third kappa shape index (κ3) is 5.16. The van der Waals surface area contributed by atoms with Gasteiger partial charge in [0, 0.05) is 37.3 Å². The Balaban J connectivity index is 1.12. The highest BCUT2D eigenvalue weighted by atomic mass is 35.5. The number of methoxy groups -OCH3 is 1. The molecule has 44 heavy (non-hydrogen) atoms. The van der Waals surface area contributed by atoms with Gasteiger partial charge in [-0.25, -0.2) is 14.6 Å². The third-order valence-corrected chi connectivity index (χ3v) is 10.5. The summed E-state index contributed by atoms with van der Waals surface area (Å²) in [4.78, 5) is 12.3. The van der Waals surface area contributed by atoms with E-state index in [1.165, 1.54) is 23.1 Å². The van der Waals surface area contributed by atoms with Gasteiger partial charge in [-0.1, -0.05) is 58.9 Å². The van der Waals surface area contributed by atoms with Gasteiger partial charge in [-0.15, -0.1) is 16.4 Å². The average molecular weight is 656 g/mol. The Morgan fingerprint density at radius 1 is 1.16 bits per heavy atom. The normalized spacial score (nSPS) is 29.2. The van der Waals surface area contributed by atoms with E-state index in [0.717, 1.165) is 42.6 Å². The number of nitrogens with two attached hydrogens (primary N) is 1. The number of pyridine rings is 1. The van der Waals surface area contributed by atoms with Gasteiger partial charge in [-0.05, 0) is 6.07 Å². The molecule has 7 heterocycles. The van der Waals surface area contributed by atoms with E-state index in [-0.39, 0.29) is 5.41 Å². The van der Waals surface area contributed by atoms with Gasteiger partial charge in [-0.2, -0.15) is 0 Å². The number of benzene rings is 1. The van der Waals surface area contributed by atoms with Crippen LogP contribution in [-0.4, -0.2) is 88.7 Å². The summed E-state index contributed by atoms with van der Waals surface area (Å²) in [5, 5.41) is 11.9. The third-order valence-electron chi connectivity index (χ3n) is 8.46. The van der Waals surface area contributed by atoms with Gasteiger partial charge in [0.05, 0.1) is 41.4 Å². The van der Waals surface area contributed by atoms with Crippen LogP contribution >= 0.6 is 34.7 Å². The van der Waals surface area contributed by atoms with Crippen molar-refractivity contribution < 1.29 is 23.7 Å². The Kier molecular flexibility index (Phi) is 7.50. The molecule has 6 atom stereocenters. The molecule has 8 rings (SSSR count). The van der Waals surface area contributed by atoms with Crippen molar-refractivity contribution in [3.8, 4) is 11.4 Å².